The Bertz CT molecular complexity index is 694. The molecule has 0 unspecified atom stereocenters. The van der Waals surface area contributed by atoms with Gasteiger partial charge in [-0.05, 0) is 60.6 Å². The quantitative estimate of drug-likeness (QED) is 0.671. The molecule has 3 N–H and O–H groups in total. The summed E-state index contributed by atoms with van der Waals surface area (Å²) < 4.78 is 13.1. The minimum Gasteiger partial charge on any atom is -0.370 e. The number of nitrogens with zero attached hydrogens (tertiary/aromatic N) is 1. The fraction of sp³-hybridized carbons (Fsp3) is 0.278. The van der Waals surface area contributed by atoms with Crippen LogP contribution >= 0.6 is 0 Å². The third-order valence-electron chi connectivity index (χ3n) is 3.98. The number of halogens is 1. The zero-order valence-corrected chi connectivity index (χ0v) is 12.5. The maximum absolute atomic E-state index is 13.1. The van der Waals surface area contributed by atoms with Gasteiger partial charge >= 0.3 is 0 Å². The summed E-state index contributed by atoms with van der Waals surface area (Å²) in [5, 5.41) is 3.19. The molecule has 0 radical (unpaired) electrons. The van der Waals surface area contributed by atoms with Crippen LogP contribution in [0.3, 0.4) is 0 Å². The molecular weight excluding hydrogens is 277 g/mol. The lowest BCUT2D eigenvalue weighted by atomic mass is 9.90. The van der Waals surface area contributed by atoms with E-state index in [4.69, 9.17) is 5.73 Å². The van der Waals surface area contributed by atoms with E-state index in [0.29, 0.717) is 12.5 Å². The number of benzene rings is 2. The van der Waals surface area contributed by atoms with Crippen LogP contribution in [0, 0.1) is 5.82 Å². The average Bonchev–Trinajstić information content (AvgIpc) is 2.53. The minimum atomic E-state index is -0.253. The van der Waals surface area contributed by atoms with Gasteiger partial charge in [-0.25, -0.2) is 9.38 Å². The third-order valence-corrected chi connectivity index (χ3v) is 3.98. The lowest BCUT2D eigenvalue weighted by Crippen LogP contribution is -2.24. The molecule has 2 aromatic rings. The van der Waals surface area contributed by atoms with Gasteiger partial charge in [0.2, 0.25) is 0 Å². The molecule has 0 amide bonds. The Balaban J connectivity index is 1.71. The molecule has 22 heavy (non-hydrogen) atoms. The monoisotopic (exact) mass is 297 g/mol. The van der Waals surface area contributed by atoms with Crippen molar-refractivity contribution in [2.45, 2.75) is 32.2 Å². The number of aliphatic imine (C=N–C) groups is 1. The summed E-state index contributed by atoms with van der Waals surface area (Å²) in [5.41, 5.74) is 10.6. The summed E-state index contributed by atoms with van der Waals surface area (Å²) in [6.45, 7) is 0.367. The molecule has 0 aromatic heterocycles. The van der Waals surface area contributed by atoms with Crippen LogP contribution in [-0.4, -0.2) is 5.96 Å². The van der Waals surface area contributed by atoms with Gasteiger partial charge in [-0.2, -0.15) is 0 Å². The van der Waals surface area contributed by atoms with E-state index in [2.05, 4.69) is 16.4 Å². The van der Waals surface area contributed by atoms with Crippen molar-refractivity contribution in [2.24, 2.45) is 10.7 Å². The molecule has 114 valence electrons. The second-order valence-electron chi connectivity index (χ2n) is 5.61. The number of anilines is 1. The molecule has 0 saturated carbocycles. The van der Waals surface area contributed by atoms with Crippen LogP contribution in [0.1, 0.15) is 29.5 Å². The Morgan fingerprint density at radius 2 is 1.95 bits per heavy atom. The van der Waals surface area contributed by atoms with Gasteiger partial charge in [0.25, 0.3) is 0 Å². The first-order valence-corrected chi connectivity index (χ1v) is 7.64. The van der Waals surface area contributed by atoms with E-state index in [0.717, 1.165) is 24.1 Å². The number of hydrogen-bond donors (Lipinski definition) is 2. The van der Waals surface area contributed by atoms with Gasteiger partial charge in [-0.3, -0.25) is 0 Å². The number of nitrogens with one attached hydrogen (secondary N) is 1. The maximum Gasteiger partial charge on any atom is 0.193 e. The molecule has 1 aliphatic rings. The van der Waals surface area contributed by atoms with E-state index < -0.39 is 0 Å². The molecule has 4 heteroatoms. The van der Waals surface area contributed by atoms with Gasteiger partial charge in [0.15, 0.2) is 5.96 Å². The molecule has 0 heterocycles. The average molecular weight is 297 g/mol. The lowest BCUT2D eigenvalue weighted by molar-refractivity contribution is 0.625. The van der Waals surface area contributed by atoms with Crippen molar-refractivity contribution in [1.29, 1.82) is 0 Å². The summed E-state index contributed by atoms with van der Waals surface area (Å²) >= 11 is 0. The second-order valence-corrected chi connectivity index (χ2v) is 5.61. The van der Waals surface area contributed by atoms with Crippen LogP contribution in [0.4, 0.5) is 10.1 Å². The zero-order chi connectivity index (χ0) is 15.4. The summed E-state index contributed by atoms with van der Waals surface area (Å²) in [7, 11) is 0. The molecule has 3 rings (SSSR count). The van der Waals surface area contributed by atoms with Crippen molar-refractivity contribution in [2.75, 3.05) is 5.32 Å². The van der Waals surface area contributed by atoms with E-state index in [1.807, 2.05) is 18.2 Å². The van der Waals surface area contributed by atoms with E-state index in [9.17, 15) is 4.39 Å². The van der Waals surface area contributed by atoms with Gasteiger partial charge in [0, 0.05) is 5.69 Å². The Labute approximate surface area is 130 Å². The lowest BCUT2D eigenvalue weighted by Gasteiger charge is -2.19. The van der Waals surface area contributed by atoms with Crippen LogP contribution in [0.2, 0.25) is 0 Å². The number of hydrogen-bond acceptors (Lipinski definition) is 1. The van der Waals surface area contributed by atoms with E-state index >= 15 is 0 Å². The SMILES string of the molecule is NC(=NCc1cccc(F)c1)Nc1cccc2c1CCCC2. The molecule has 0 aliphatic heterocycles. The van der Waals surface area contributed by atoms with Crippen molar-refractivity contribution >= 4 is 11.6 Å². The first-order valence-electron chi connectivity index (χ1n) is 7.64. The fourth-order valence-corrected chi connectivity index (χ4v) is 2.89. The maximum atomic E-state index is 13.1. The number of fused-ring (bicyclic) bond motifs is 1. The van der Waals surface area contributed by atoms with Crippen molar-refractivity contribution in [1.82, 2.24) is 0 Å². The largest absolute Gasteiger partial charge is 0.370 e. The van der Waals surface area contributed by atoms with Gasteiger partial charge < -0.3 is 11.1 Å². The molecule has 0 spiro atoms. The van der Waals surface area contributed by atoms with Crippen LogP contribution < -0.4 is 11.1 Å². The summed E-state index contributed by atoms with van der Waals surface area (Å²) in [4.78, 5) is 4.30. The van der Waals surface area contributed by atoms with Crippen LogP contribution in [0.5, 0.6) is 0 Å². The molecule has 2 aromatic carbocycles. The first-order chi connectivity index (χ1) is 10.7. The van der Waals surface area contributed by atoms with Crippen molar-refractivity contribution in [3.8, 4) is 0 Å². The smallest absolute Gasteiger partial charge is 0.193 e. The summed E-state index contributed by atoms with van der Waals surface area (Å²) in [5.74, 6) is 0.111. The Kier molecular flexibility index (Phi) is 4.37. The highest BCUT2D eigenvalue weighted by Crippen LogP contribution is 2.27. The number of rotatable bonds is 3. The van der Waals surface area contributed by atoms with Gasteiger partial charge in [-0.15, -0.1) is 0 Å². The van der Waals surface area contributed by atoms with Crippen molar-refractivity contribution < 1.29 is 4.39 Å². The number of guanidine groups is 1. The summed E-state index contributed by atoms with van der Waals surface area (Å²) in [6.07, 6.45) is 4.67. The first kappa shape index (κ1) is 14.6. The predicted octanol–water partition coefficient (Wildman–Crippen LogP) is 3.63. The molecular formula is C18H20FN3. The second kappa shape index (κ2) is 6.60. The molecule has 0 saturated heterocycles. The third kappa shape index (κ3) is 3.45. The van der Waals surface area contributed by atoms with Gasteiger partial charge in [-0.1, -0.05) is 24.3 Å². The Morgan fingerprint density at radius 1 is 1.14 bits per heavy atom. The molecule has 1 aliphatic carbocycles. The summed E-state index contributed by atoms with van der Waals surface area (Å²) in [6, 6.07) is 12.7. The highest BCUT2D eigenvalue weighted by atomic mass is 19.1. The normalized spacial score (nSPS) is 14.5. The zero-order valence-electron chi connectivity index (χ0n) is 12.5. The van der Waals surface area contributed by atoms with Crippen molar-refractivity contribution in [3.63, 3.8) is 0 Å². The predicted molar refractivity (Wildman–Crippen MR) is 88.4 cm³/mol. The fourth-order valence-electron chi connectivity index (χ4n) is 2.89. The standard InChI is InChI=1S/C18H20FN3/c19-15-8-3-5-13(11-15)12-21-18(20)22-17-10-4-7-14-6-1-2-9-16(14)17/h3-5,7-8,10-11H,1-2,6,9,12H2,(H3,20,21,22). The van der Waals surface area contributed by atoms with E-state index in [1.165, 1.54) is 36.1 Å². The van der Waals surface area contributed by atoms with Crippen LogP contribution in [-0.2, 0) is 19.4 Å². The highest BCUT2D eigenvalue weighted by molar-refractivity contribution is 5.93. The Morgan fingerprint density at radius 3 is 2.82 bits per heavy atom. The Hall–Kier alpha value is -2.36. The number of aryl methyl sites for hydroxylation is 1. The molecule has 3 nitrogen and oxygen atoms in total. The number of nitrogens with two attached hydrogens (primary N) is 1. The van der Waals surface area contributed by atoms with Crippen molar-refractivity contribution in [3.05, 3.63) is 65.0 Å². The van der Waals surface area contributed by atoms with Crippen LogP contribution in [0.15, 0.2) is 47.5 Å². The molecule has 0 fully saturated rings. The topological polar surface area (TPSA) is 50.4 Å². The minimum absolute atomic E-state index is 0.253. The van der Waals surface area contributed by atoms with Crippen LogP contribution in [0.25, 0.3) is 0 Å². The van der Waals surface area contributed by atoms with E-state index in [-0.39, 0.29) is 5.82 Å². The van der Waals surface area contributed by atoms with E-state index in [1.54, 1.807) is 6.07 Å². The molecule has 0 atom stereocenters. The van der Waals surface area contributed by atoms with Gasteiger partial charge in [0.1, 0.15) is 5.82 Å². The highest BCUT2D eigenvalue weighted by Gasteiger charge is 2.13. The van der Waals surface area contributed by atoms with Gasteiger partial charge in [0.05, 0.1) is 6.54 Å². The molecule has 0 bridgehead atoms.